The molecule has 0 aliphatic rings. The molecule has 0 amide bonds. The zero-order valence-electron chi connectivity index (χ0n) is 15.4. The number of aliphatic carboxylic acids is 1. The first kappa shape index (κ1) is 22.7. The minimum Gasteiger partial charge on any atom is -0.480 e. The lowest BCUT2D eigenvalue weighted by molar-refractivity contribution is -0.387. The van der Waals surface area contributed by atoms with Crippen LogP contribution in [0.4, 0.5) is 5.69 Å². The molecule has 0 aromatic heterocycles. The predicted molar refractivity (Wildman–Crippen MR) is 111 cm³/mol. The number of nitrogens with one attached hydrogen (secondary N) is 1. The second kappa shape index (κ2) is 8.85. The van der Waals surface area contributed by atoms with Crippen LogP contribution >= 0.6 is 15.9 Å². The Kier molecular flexibility index (Phi) is 6.93. The van der Waals surface area contributed by atoms with E-state index in [1.807, 2.05) is 0 Å². The zero-order valence-corrected chi connectivity index (χ0v) is 17.8. The van der Waals surface area contributed by atoms with Crippen LogP contribution in [0.5, 0.6) is 0 Å². The molecule has 0 spiro atoms. The van der Waals surface area contributed by atoms with Crippen molar-refractivity contribution in [3.63, 3.8) is 0 Å². The van der Waals surface area contributed by atoms with Crippen LogP contribution in [-0.4, -0.2) is 30.0 Å². The average molecular weight is 483 g/mol. The number of nitro groups is 1. The van der Waals surface area contributed by atoms with Gasteiger partial charge in [-0.05, 0) is 30.2 Å². The maximum absolute atomic E-state index is 13.0. The predicted octanol–water partition coefficient (Wildman–Crippen LogP) is 3.84. The van der Waals surface area contributed by atoms with E-state index in [4.69, 9.17) is 0 Å². The molecule has 0 saturated carbocycles. The summed E-state index contributed by atoms with van der Waals surface area (Å²) in [7, 11) is -4.55. The summed E-state index contributed by atoms with van der Waals surface area (Å²) < 4.78 is 29.0. The Morgan fingerprint density at radius 1 is 1.31 bits per heavy atom. The third-order valence-corrected chi connectivity index (χ3v) is 6.69. The summed E-state index contributed by atoms with van der Waals surface area (Å²) in [5, 5.41) is 21.3. The number of hydrogen-bond acceptors (Lipinski definition) is 5. The number of benzene rings is 2. The van der Waals surface area contributed by atoms with E-state index in [-0.39, 0.29) is 6.42 Å². The molecule has 0 radical (unpaired) electrons. The van der Waals surface area contributed by atoms with E-state index in [9.17, 15) is 28.4 Å². The number of carboxylic acid groups (broad SMARTS) is 1. The van der Waals surface area contributed by atoms with Gasteiger partial charge in [-0.3, -0.25) is 14.9 Å². The fourth-order valence-corrected chi connectivity index (χ4v) is 4.99. The van der Waals surface area contributed by atoms with Crippen molar-refractivity contribution in [2.75, 3.05) is 0 Å². The molecule has 2 aromatic carbocycles. The van der Waals surface area contributed by atoms with Crippen molar-refractivity contribution in [1.29, 1.82) is 0 Å². The third-order valence-electron chi connectivity index (χ3n) is 4.60. The van der Waals surface area contributed by atoms with Crippen LogP contribution in [0.3, 0.4) is 0 Å². The molecule has 2 atom stereocenters. The highest BCUT2D eigenvalue weighted by Crippen LogP contribution is 2.36. The van der Waals surface area contributed by atoms with Gasteiger partial charge < -0.3 is 5.11 Å². The van der Waals surface area contributed by atoms with Crippen molar-refractivity contribution in [2.45, 2.75) is 29.7 Å². The Hall–Kier alpha value is -2.56. The second-order valence-electron chi connectivity index (χ2n) is 6.23. The maximum atomic E-state index is 13.0. The van der Waals surface area contributed by atoms with Crippen molar-refractivity contribution in [1.82, 2.24) is 4.72 Å². The SMILES string of the molecule is C=C[C@@H](c1ccc(Br)cc1)[C@](CC)(NS(=O)(=O)c1ccccc1[N+](=O)[O-])C(=O)O. The quantitative estimate of drug-likeness (QED) is 0.317. The van der Waals surface area contributed by atoms with E-state index in [1.165, 1.54) is 25.1 Å². The van der Waals surface area contributed by atoms with Gasteiger partial charge in [0.15, 0.2) is 4.90 Å². The summed E-state index contributed by atoms with van der Waals surface area (Å²) >= 11 is 3.30. The molecule has 29 heavy (non-hydrogen) atoms. The monoisotopic (exact) mass is 482 g/mol. The highest BCUT2D eigenvalue weighted by molar-refractivity contribution is 9.10. The number of nitro benzene ring substituents is 1. The molecule has 154 valence electrons. The molecule has 8 nitrogen and oxygen atoms in total. The highest BCUT2D eigenvalue weighted by atomic mass is 79.9. The molecular weight excluding hydrogens is 464 g/mol. The van der Waals surface area contributed by atoms with Crippen molar-refractivity contribution >= 4 is 37.6 Å². The lowest BCUT2D eigenvalue weighted by Gasteiger charge is -2.35. The molecule has 0 heterocycles. The summed E-state index contributed by atoms with van der Waals surface area (Å²) in [4.78, 5) is 22.1. The molecule has 10 heteroatoms. The molecule has 0 unspecified atom stereocenters. The fourth-order valence-electron chi connectivity index (χ4n) is 3.11. The van der Waals surface area contributed by atoms with Gasteiger partial charge in [0.05, 0.1) is 4.92 Å². The number of rotatable bonds is 9. The number of carbonyl (C=O) groups is 1. The van der Waals surface area contributed by atoms with Crippen molar-refractivity contribution in [3.8, 4) is 0 Å². The molecule has 2 rings (SSSR count). The van der Waals surface area contributed by atoms with Crippen LogP contribution in [0.15, 0.2) is 70.6 Å². The summed E-state index contributed by atoms with van der Waals surface area (Å²) in [5.41, 5.74) is -2.12. The van der Waals surface area contributed by atoms with E-state index in [0.717, 1.165) is 16.6 Å². The van der Waals surface area contributed by atoms with Gasteiger partial charge in [0, 0.05) is 16.5 Å². The van der Waals surface area contributed by atoms with Crippen LogP contribution in [0.1, 0.15) is 24.8 Å². The Morgan fingerprint density at radius 3 is 2.38 bits per heavy atom. The lowest BCUT2D eigenvalue weighted by Crippen LogP contribution is -2.57. The molecule has 0 fully saturated rings. The number of nitrogens with zero attached hydrogens (tertiary/aromatic N) is 1. The number of para-hydroxylation sites is 1. The van der Waals surface area contributed by atoms with Crippen molar-refractivity contribution in [2.24, 2.45) is 0 Å². The Labute approximate surface area is 176 Å². The number of carboxylic acids is 1. The van der Waals surface area contributed by atoms with Crippen molar-refractivity contribution < 1.29 is 23.2 Å². The second-order valence-corrected chi connectivity index (χ2v) is 8.79. The van der Waals surface area contributed by atoms with E-state index in [1.54, 1.807) is 24.3 Å². The van der Waals surface area contributed by atoms with Crippen LogP contribution < -0.4 is 4.72 Å². The molecule has 0 saturated heterocycles. The highest BCUT2D eigenvalue weighted by Gasteiger charge is 2.48. The molecular formula is C19H19BrN2O6S. The molecule has 0 bridgehead atoms. The van der Waals surface area contributed by atoms with Gasteiger partial charge in [-0.1, -0.05) is 53.2 Å². The van der Waals surface area contributed by atoms with Gasteiger partial charge in [-0.15, -0.1) is 6.58 Å². The van der Waals surface area contributed by atoms with Crippen LogP contribution in [0, 0.1) is 10.1 Å². The maximum Gasteiger partial charge on any atom is 0.325 e. The third kappa shape index (κ3) is 4.55. The first-order chi connectivity index (χ1) is 13.6. The van der Waals surface area contributed by atoms with E-state index in [0.29, 0.717) is 5.56 Å². The van der Waals surface area contributed by atoms with Gasteiger partial charge in [-0.2, -0.15) is 4.72 Å². The number of sulfonamides is 1. The standard InChI is InChI=1S/C19H19BrN2O6S/c1-3-15(13-9-11-14(20)12-10-13)19(4-2,18(23)24)21-29(27,28)17-8-6-5-7-16(17)22(25)26/h3,5-12,15,21H,1,4H2,2H3,(H,23,24)/t15-,19-/m0/s1. The normalized spacial score (nSPS) is 14.6. The summed E-state index contributed by atoms with van der Waals surface area (Å²) in [6.07, 6.45) is 1.22. The van der Waals surface area contributed by atoms with Crippen LogP contribution in [0.25, 0.3) is 0 Å². The van der Waals surface area contributed by atoms with Crippen molar-refractivity contribution in [3.05, 3.63) is 81.3 Å². The molecule has 0 aliphatic heterocycles. The first-order valence-electron chi connectivity index (χ1n) is 8.48. The number of halogens is 1. The van der Waals surface area contributed by atoms with Gasteiger partial charge in [0.25, 0.3) is 5.69 Å². The van der Waals surface area contributed by atoms with E-state index < -0.39 is 43.0 Å². The van der Waals surface area contributed by atoms with Crippen LogP contribution in [-0.2, 0) is 14.8 Å². The van der Waals surface area contributed by atoms with E-state index >= 15 is 0 Å². The Morgan fingerprint density at radius 2 is 1.90 bits per heavy atom. The Balaban J connectivity index is 2.63. The molecule has 2 N–H and O–H groups in total. The minimum absolute atomic E-state index is 0.130. The van der Waals surface area contributed by atoms with E-state index in [2.05, 4.69) is 27.2 Å². The molecule has 0 aliphatic carbocycles. The smallest absolute Gasteiger partial charge is 0.325 e. The summed E-state index contributed by atoms with van der Waals surface area (Å²) in [6.45, 7) is 5.21. The van der Waals surface area contributed by atoms with Gasteiger partial charge >= 0.3 is 5.97 Å². The zero-order chi connectivity index (χ0) is 21.8. The average Bonchev–Trinajstić information content (AvgIpc) is 2.68. The van der Waals surface area contributed by atoms with Gasteiger partial charge in [-0.25, -0.2) is 8.42 Å². The first-order valence-corrected chi connectivity index (χ1v) is 10.8. The summed E-state index contributed by atoms with van der Waals surface area (Å²) in [5.74, 6) is -2.36. The fraction of sp³-hybridized carbons (Fsp3) is 0.211. The van der Waals surface area contributed by atoms with Gasteiger partial charge in [0.2, 0.25) is 10.0 Å². The number of hydrogen-bond donors (Lipinski definition) is 2. The van der Waals surface area contributed by atoms with Crippen LogP contribution in [0.2, 0.25) is 0 Å². The largest absolute Gasteiger partial charge is 0.480 e. The minimum atomic E-state index is -4.55. The Bertz CT molecular complexity index is 1040. The molecule has 2 aromatic rings. The van der Waals surface area contributed by atoms with Gasteiger partial charge in [0.1, 0.15) is 5.54 Å². The topological polar surface area (TPSA) is 127 Å². The summed E-state index contributed by atoms with van der Waals surface area (Å²) in [6, 6.07) is 11.5. The lowest BCUT2D eigenvalue weighted by atomic mass is 9.78.